The normalized spacial score (nSPS) is 33.8. The predicted octanol–water partition coefficient (Wildman–Crippen LogP) is 2.08. The SMILES string of the molecule is C=C(C)C1CCCCC1N. The molecule has 1 aliphatic carbocycles. The summed E-state index contributed by atoms with van der Waals surface area (Å²) < 4.78 is 0. The van der Waals surface area contributed by atoms with Gasteiger partial charge in [-0.15, -0.1) is 0 Å². The Labute approximate surface area is 63.3 Å². The molecule has 0 aromatic carbocycles. The van der Waals surface area contributed by atoms with Crippen LogP contribution in [0, 0.1) is 5.92 Å². The van der Waals surface area contributed by atoms with E-state index in [1.54, 1.807) is 0 Å². The van der Waals surface area contributed by atoms with Gasteiger partial charge in [-0.1, -0.05) is 25.0 Å². The minimum atomic E-state index is 0.395. The summed E-state index contributed by atoms with van der Waals surface area (Å²) >= 11 is 0. The van der Waals surface area contributed by atoms with Crippen LogP contribution in [-0.4, -0.2) is 6.04 Å². The van der Waals surface area contributed by atoms with Crippen LogP contribution >= 0.6 is 0 Å². The van der Waals surface area contributed by atoms with Gasteiger partial charge in [-0.05, 0) is 25.7 Å². The summed E-state index contributed by atoms with van der Waals surface area (Å²) in [7, 11) is 0. The van der Waals surface area contributed by atoms with Crippen LogP contribution in [-0.2, 0) is 0 Å². The van der Waals surface area contributed by atoms with Crippen LogP contribution in [0.3, 0.4) is 0 Å². The zero-order chi connectivity index (χ0) is 7.56. The Hall–Kier alpha value is -0.300. The molecule has 0 heterocycles. The van der Waals surface area contributed by atoms with E-state index in [1.165, 1.54) is 31.3 Å². The lowest BCUT2D eigenvalue weighted by atomic mass is 9.81. The molecule has 2 N–H and O–H groups in total. The molecule has 58 valence electrons. The van der Waals surface area contributed by atoms with Crippen LogP contribution in [0.1, 0.15) is 32.6 Å². The average molecular weight is 139 g/mol. The lowest BCUT2D eigenvalue weighted by Gasteiger charge is -2.28. The summed E-state index contributed by atoms with van der Waals surface area (Å²) in [4.78, 5) is 0. The first-order chi connectivity index (χ1) is 4.72. The van der Waals surface area contributed by atoms with Gasteiger partial charge in [-0.3, -0.25) is 0 Å². The monoisotopic (exact) mass is 139 g/mol. The van der Waals surface area contributed by atoms with Gasteiger partial charge in [0.1, 0.15) is 0 Å². The van der Waals surface area contributed by atoms with Crippen molar-refractivity contribution in [3.63, 3.8) is 0 Å². The lowest BCUT2D eigenvalue weighted by Crippen LogP contribution is -2.33. The van der Waals surface area contributed by atoms with Gasteiger partial charge in [-0.2, -0.15) is 0 Å². The minimum absolute atomic E-state index is 0.395. The zero-order valence-electron chi connectivity index (χ0n) is 6.77. The van der Waals surface area contributed by atoms with Gasteiger partial charge < -0.3 is 5.73 Å². The third-order valence-electron chi connectivity index (χ3n) is 2.45. The van der Waals surface area contributed by atoms with Gasteiger partial charge in [0.2, 0.25) is 0 Å². The number of hydrogen-bond acceptors (Lipinski definition) is 1. The molecule has 1 saturated carbocycles. The molecule has 10 heavy (non-hydrogen) atoms. The summed E-state index contributed by atoms with van der Waals surface area (Å²) in [5.74, 6) is 0.605. The fraction of sp³-hybridized carbons (Fsp3) is 0.778. The molecule has 0 saturated heterocycles. The first kappa shape index (κ1) is 7.80. The molecule has 1 fully saturated rings. The van der Waals surface area contributed by atoms with Crippen molar-refractivity contribution >= 4 is 0 Å². The van der Waals surface area contributed by atoms with E-state index in [1.807, 2.05) is 0 Å². The Kier molecular flexibility index (Phi) is 2.50. The predicted molar refractivity (Wildman–Crippen MR) is 44.7 cm³/mol. The molecule has 0 radical (unpaired) electrons. The molecule has 0 amide bonds. The average Bonchev–Trinajstić information content (AvgIpc) is 1.88. The maximum absolute atomic E-state index is 5.92. The van der Waals surface area contributed by atoms with Crippen molar-refractivity contribution < 1.29 is 0 Å². The van der Waals surface area contributed by atoms with E-state index in [0.717, 1.165) is 0 Å². The van der Waals surface area contributed by atoms with Crippen LogP contribution in [0.2, 0.25) is 0 Å². The van der Waals surface area contributed by atoms with Crippen LogP contribution in [0.15, 0.2) is 12.2 Å². The van der Waals surface area contributed by atoms with Crippen LogP contribution in [0.25, 0.3) is 0 Å². The van der Waals surface area contributed by atoms with Gasteiger partial charge >= 0.3 is 0 Å². The molecule has 1 rings (SSSR count). The lowest BCUT2D eigenvalue weighted by molar-refractivity contribution is 0.348. The van der Waals surface area contributed by atoms with E-state index in [4.69, 9.17) is 5.73 Å². The van der Waals surface area contributed by atoms with Gasteiger partial charge in [0, 0.05) is 6.04 Å². The fourth-order valence-corrected chi connectivity index (χ4v) is 1.77. The van der Waals surface area contributed by atoms with Crippen molar-refractivity contribution in [2.45, 2.75) is 38.6 Å². The highest BCUT2D eigenvalue weighted by atomic mass is 14.7. The highest BCUT2D eigenvalue weighted by Gasteiger charge is 2.21. The largest absolute Gasteiger partial charge is 0.327 e. The molecule has 1 aliphatic rings. The van der Waals surface area contributed by atoms with Gasteiger partial charge in [0.05, 0.1) is 0 Å². The van der Waals surface area contributed by atoms with Crippen LogP contribution < -0.4 is 5.73 Å². The van der Waals surface area contributed by atoms with Crippen LogP contribution in [0.4, 0.5) is 0 Å². The highest BCUT2D eigenvalue weighted by Crippen LogP contribution is 2.27. The van der Waals surface area contributed by atoms with E-state index >= 15 is 0 Å². The quantitative estimate of drug-likeness (QED) is 0.553. The Morgan fingerprint density at radius 1 is 1.40 bits per heavy atom. The van der Waals surface area contributed by atoms with Gasteiger partial charge in [0.15, 0.2) is 0 Å². The molecule has 0 aliphatic heterocycles. The summed E-state index contributed by atoms with van der Waals surface area (Å²) in [6.07, 6.45) is 5.10. The van der Waals surface area contributed by atoms with Gasteiger partial charge in [-0.25, -0.2) is 0 Å². The third kappa shape index (κ3) is 1.60. The number of rotatable bonds is 1. The van der Waals surface area contributed by atoms with E-state index in [2.05, 4.69) is 13.5 Å². The molecule has 1 nitrogen and oxygen atoms in total. The standard InChI is InChI=1S/C9H17N/c1-7(2)8-5-3-4-6-9(8)10/h8-9H,1,3-6,10H2,2H3. The molecule has 1 heteroatoms. The van der Waals surface area contributed by atoms with Crippen molar-refractivity contribution in [2.75, 3.05) is 0 Å². The van der Waals surface area contributed by atoms with E-state index in [0.29, 0.717) is 12.0 Å². The summed E-state index contributed by atoms with van der Waals surface area (Å²) in [5.41, 5.74) is 7.19. The second kappa shape index (κ2) is 3.20. The second-order valence-electron chi connectivity index (χ2n) is 3.40. The first-order valence-electron chi connectivity index (χ1n) is 4.13. The topological polar surface area (TPSA) is 26.0 Å². The minimum Gasteiger partial charge on any atom is -0.327 e. The van der Waals surface area contributed by atoms with Gasteiger partial charge in [0.25, 0.3) is 0 Å². The van der Waals surface area contributed by atoms with Crippen molar-refractivity contribution in [1.29, 1.82) is 0 Å². The molecule has 0 aromatic rings. The Morgan fingerprint density at radius 3 is 2.40 bits per heavy atom. The molecule has 0 bridgehead atoms. The zero-order valence-corrected chi connectivity index (χ0v) is 6.77. The van der Waals surface area contributed by atoms with Crippen molar-refractivity contribution in [3.8, 4) is 0 Å². The summed E-state index contributed by atoms with van der Waals surface area (Å²) in [6, 6.07) is 0.395. The third-order valence-corrected chi connectivity index (χ3v) is 2.45. The second-order valence-corrected chi connectivity index (χ2v) is 3.40. The molecule has 0 aromatic heterocycles. The number of nitrogens with two attached hydrogens (primary N) is 1. The molecular weight excluding hydrogens is 122 g/mol. The smallest absolute Gasteiger partial charge is 0.0104 e. The van der Waals surface area contributed by atoms with E-state index in [9.17, 15) is 0 Å². The van der Waals surface area contributed by atoms with E-state index in [-0.39, 0.29) is 0 Å². The Balaban J connectivity index is 2.47. The van der Waals surface area contributed by atoms with Crippen molar-refractivity contribution in [2.24, 2.45) is 11.7 Å². The van der Waals surface area contributed by atoms with Crippen molar-refractivity contribution in [3.05, 3.63) is 12.2 Å². The summed E-state index contributed by atoms with van der Waals surface area (Å²) in [5, 5.41) is 0. The molecule has 2 atom stereocenters. The maximum Gasteiger partial charge on any atom is 0.0104 e. The van der Waals surface area contributed by atoms with Crippen molar-refractivity contribution in [1.82, 2.24) is 0 Å². The molecule has 0 spiro atoms. The summed E-state index contributed by atoms with van der Waals surface area (Å²) in [6.45, 7) is 6.04. The number of hydrogen-bond donors (Lipinski definition) is 1. The maximum atomic E-state index is 5.92. The fourth-order valence-electron chi connectivity index (χ4n) is 1.77. The Morgan fingerprint density at radius 2 is 2.00 bits per heavy atom. The van der Waals surface area contributed by atoms with E-state index < -0.39 is 0 Å². The molecular formula is C9H17N. The highest BCUT2D eigenvalue weighted by molar-refractivity contribution is 5.01. The molecule has 2 unspecified atom stereocenters. The van der Waals surface area contributed by atoms with Crippen LogP contribution in [0.5, 0.6) is 0 Å². The first-order valence-corrected chi connectivity index (χ1v) is 4.13. The Bertz CT molecular complexity index is 129.